The summed E-state index contributed by atoms with van der Waals surface area (Å²) >= 11 is 0. The second kappa shape index (κ2) is 25.6. The number of phosphoric ester groups is 1. The minimum absolute atomic E-state index is 0.0242. The van der Waals surface area contributed by atoms with E-state index in [9.17, 15) is 43.3 Å². The highest BCUT2D eigenvalue weighted by Gasteiger charge is 2.38. The van der Waals surface area contributed by atoms with Crippen molar-refractivity contribution in [2.45, 2.75) is 142 Å². The molecule has 6 N–H and O–H groups in total. The van der Waals surface area contributed by atoms with Crippen LogP contribution in [0.3, 0.4) is 0 Å². The van der Waals surface area contributed by atoms with Crippen LogP contribution in [0.4, 0.5) is 0 Å². The molecule has 1 aliphatic heterocycles. The van der Waals surface area contributed by atoms with E-state index in [1.807, 2.05) is 24.5 Å². The minimum atomic E-state index is -4.57. The molecule has 0 spiro atoms. The van der Waals surface area contributed by atoms with Gasteiger partial charge in [0.25, 0.3) is 0 Å². The number of carbonyl (C=O) groups excluding carboxylic acids is 6. The fraction of sp³-hybridized carbons (Fsp3) is 0.651. The van der Waals surface area contributed by atoms with Crippen molar-refractivity contribution in [3.8, 4) is 0 Å². The van der Waals surface area contributed by atoms with Crippen molar-refractivity contribution in [2.75, 3.05) is 20.3 Å². The Hall–Kier alpha value is -4.28. The zero-order valence-electron chi connectivity index (χ0n) is 36.3. The van der Waals surface area contributed by atoms with Crippen LogP contribution in [0.25, 0.3) is 0 Å². The van der Waals surface area contributed by atoms with Gasteiger partial charge in [-0.05, 0) is 56.9 Å². The third-order valence-electron chi connectivity index (χ3n) is 11.2. The van der Waals surface area contributed by atoms with Gasteiger partial charge in [0.05, 0.1) is 36.9 Å². The van der Waals surface area contributed by atoms with E-state index in [2.05, 4.69) is 44.4 Å². The van der Waals surface area contributed by atoms with Crippen molar-refractivity contribution in [2.24, 2.45) is 23.5 Å². The number of unbranched alkanes of at least 4 members (excludes halogenated alkanes) is 5. The topological polar surface area (TPSA) is 250 Å². The second-order valence-corrected chi connectivity index (χ2v) is 18.0. The molecule has 1 fully saturated rings. The number of rotatable bonds is 29. The lowest BCUT2D eigenvalue weighted by Crippen LogP contribution is -2.52. The third kappa shape index (κ3) is 17.2. The molecule has 0 bridgehead atoms. The molecule has 17 nitrogen and oxygen atoms in total. The first kappa shape index (κ1) is 51.1. The molecule has 1 saturated heterocycles. The summed E-state index contributed by atoms with van der Waals surface area (Å²) < 4.78 is 23.3. The highest BCUT2D eigenvalue weighted by atomic mass is 31.2. The van der Waals surface area contributed by atoms with Crippen LogP contribution in [-0.2, 0) is 61.8 Å². The van der Waals surface area contributed by atoms with E-state index in [0.29, 0.717) is 31.6 Å². The molecule has 1 unspecified atom stereocenters. The molecule has 3 rings (SSSR count). The minimum Gasteiger partial charge on any atom is -0.394 e. The van der Waals surface area contributed by atoms with Crippen molar-refractivity contribution >= 4 is 43.0 Å². The number of amides is 4. The molecule has 0 aliphatic carbocycles. The predicted molar refractivity (Wildman–Crippen MR) is 227 cm³/mol. The third-order valence-corrected chi connectivity index (χ3v) is 12.2. The van der Waals surface area contributed by atoms with Gasteiger partial charge in [0.15, 0.2) is 11.6 Å². The fourth-order valence-electron chi connectivity index (χ4n) is 7.71. The number of aliphatic hydroxyl groups excluding tert-OH is 1. The zero-order valence-corrected chi connectivity index (χ0v) is 37.2. The van der Waals surface area contributed by atoms with Gasteiger partial charge in [-0.1, -0.05) is 69.9 Å². The number of aryl methyl sites for hydroxylation is 2. The summed E-state index contributed by atoms with van der Waals surface area (Å²) in [4.78, 5) is 95.4. The van der Waals surface area contributed by atoms with Crippen LogP contribution in [0.5, 0.6) is 0 Å². The summed E-state index contributed by atoms with van der Waals surface area (Å²) in [7, 11) is -3.64. The van der Waals surface area contributed by atoms with Crippen molar-refractivity contribution in [3.63, 3.8) is 0 Å². The standard InChI is InChI=1S/C43H67N6O11P/c1-29(2)22-36(46-43(56)38-19-15-21-49(38)31(4)51)39(52)24-33(42(55)47-37(27-50)40(53)25-35(41(44)54)30(3)60-61(57,58)59-5)23-34-26-45-28-48(34)20-14-9-7-6-8-11-16-32-17-12-10-13-18-32/h10,12-13,17-18,26,28-30,33,35-38,50H,6-9,11,14-16,19-25,27H2,1-5H3,(H2,44,54)(H,46,56)(H,47,55)(H,57,58)/t30-,33-,35+,36+,37+,38+/m1/s1. The number of nitrogens with two attached hydrogens (primary N) is 1. The molecule has 7 atom stereocenters. The molecule has 0 radical (unpaired) electrons. The summed E-state index contributed by atoms with van der Waals surface area (Å²) in [5.41, 5.74) is 7.51. The molecule has 2 aromatic rings. The van der Waals surface area contributed by atoms with Crippen LogP contribution in [0.15, 0.2) is 42.9 Å². The second-order valence-electron chi connectivity index (χ2n) is 16.5. The van der Waals surface area contributed by atoms with Gasteiger partial charge in [0, 0.05) is 58.3 Å². The number of carbonyl (C=O) groups is 6. The van der Waals surface area contributed by atoms with Crippen LogP contribution in [-0.4, -0.2) is 104 Å². The summed E-state index contributed by atoms with van der Waals surface area (Å²) in [6, 6.07) is 7.19. The predicted octanol–water partition coefficient (Wildman–Crippen LogP) is 3.82. The number of likely N-dealkylation sites (tertiary alicyclic amines) is 1. The lowest BCUT2D eigenvalue weighted by molar-refractivity contribution is -0.138. The first-order valence-corrected chi connectivity index (χ1v) is 22.9. The number of benzene rings is 1. The summed E-state index contributed by atoms with van der Waals surface area (Å²) in [5.74, 6) is -6.22. The van der Waals surface area contributed by atoms with E-state index in [0.717, 1.165) is 52.1 Å². The largest absolute Gasteiger partial charge is 0.472 e. The van der Waals surface area contributed by atoms with E-state index < -0.39 is 86.2 Å². The number of nitrogens with one attached hydrogen (secondary N) is 2. The molecule has 2 heterocycles. The van der Waals surface area contributed by atoms with Crippen LogP contribution < -0.4 is 16.4 Å². The maximum Gasteiger partial charge on any atom is 0.472 e. The molecule has 1 aromatic carbocycles. The fourth-order valence-corrected chi connectivity index (χ4v) is 8.36. The lowest BCUT2D eigenvalue weighted by Gasteiger charge is -2.27. The van der Waals surface area contributed by atoms with Crippen molar-refractivity contribution in [1.29, 1.82) is 0 Å². The van der Waals surface area contributed by atoms with Crippen molar-refractivity contribution in [1.82, 2.24) is 25.1 Å². The van der Waals surface area contributed by atoms with Gasteiger partial charge < -0.3 is 35.8 Å². The molecule has 61 heavy (non-hydrogen) atoms. The van der Waals surface area contributed by atoms with Gasteiger partial charge in [-0.15, -0.1) is 0 Å². The van der Waals surface area contributed by atoms with Gasteiger partial charge >= 0.3 is 7.82 Å². The molecule has 1 aliphatic rings. The van der Waals surface area contributed by atoms with Gasteiger partial charge in [-0.3, -0.25) is 37.8 Å². The highest BCUT2D eigenvalue weighted by Crippen LogP contribution is 2.44. The Morgan fingerprint density at radius 1 is 0.951 bits per heavy atom. The molecular formula is C43H67N6O11P. The van der Waals surface area contributed by atoms with Gasteiger partial charge in [0.1, 0.15) is 12.1 Å². The van der Waals surface area contributed by atoms with Crippen LogP contribution in [0.1, 0.15) is 110 Å². The molecule has 340 valence electrons. The number of imidazole rings is 1. The van der Waals surface area contributed by atoms with E-state index in [-0.39, 0.29) is 31.1 Å². The average molecular weight is 875 g/mol. The number of aromatic nitrogens is 2. The molecule has 0 saturated carbocycles. The molecule has 18 heteroatoms. The highest BCUT2D eigenvalue weighted by molar-refractivity contribution is 7.47. The number of nitrogens with zero attached hydrogens (tertiary/aromatic N) is 3. The molecular weight excluding hydrogens is 807 g/mol. The zero-order chi connectivity index (χ0) is 45.1. The normalized spacial score (nSPS) is 17.5. The van der Waals surface area contributed by atoms with Crippen LogP contribution in [0, 0.1) is 17.8 Å². The number of aliphatic hydroxyl groups is 1. The number of primary amides is 1. The number of hydrogen-bond acceptors (Lipinski definition) is 11. The maximum absolute atomic E-state index is 14.2. The number of Topliss-reactive ketones (excluding diaryl/α,β-unsaturated/α-hetero) is 2. The maximum atomic E-state index is 14.2. The Morgan fingerprint density at radius 2 is 1.61 bits per heavy atom. The van der Waals surface area contributed by atoms with Crippen LogP contribution >= 0.6 is 7.82 Å². The van der Waals surface area contributed by atoms with Crippen molar-refractivity contribution in [3.05, 3.63) is 54.1 Å². The monoisotopic (exact) mass is 874 g/mol. The van der Waals surface area contributed by atoms with Gasteiger partial charge in [-0.2, -0.15) is 0 Å². The Bertz CT molecular complexity index is 1790. The van der Waals surface area contributed by atoms with E-state index in [1.165, 1.54) is 24.3 Å². The Balaban J connectivity index is 1.77. The first-order chi connectivity index (χ1) is 29.0. The number of ketones is 2. The van der Waals surface area contributed by atoms with Gasteiger partial charge in [0.2, 0.25) is 23.6 Å². The number of phosphoric acid groups is 1. The smallest absolute Gasteiger partial charge is 0.394 e. The van der Waals surface area contributed by atoms with Crippen LogP contribution in [0.2, 0.25) is 0 Å². The van der Waals surface area contributed by atoms with Crippen molar-refractivity contribution < 1.29 is 52.4 Å². The van der Waals surface area contributed by atoms with E-state index >= 15 is 0 Å². The summed E-state index contributed by atoms with van der Waals surface area (Å²) in [6.07, 6.45) is 9.68. The van der Waals surface area contributed by atoms with Gasteiger partial charge in [-0.25, -0.2) is 9.55 Å². The summed E-state index contributed by atoms with van der Waals surface area (Å²) in [5, 5.41) is 15.7. The SMILES string of the molecule is COP(=O)(O)O[C@H](C)[C@H](CC(=O)[C@H](CO)NC(=O)[C@@H](CC(=O)[C@H](CC(C)C)NC(=O)[C@@H]1CCCN1C(C)=O)Cc1cncn1CCCCCCCCc1ccccc1)C(N)=O. The lowest BCUT2D eigenvalue weighted by atomic mass is 9.89. The Labute approximate surface area is 359 Å². The van der Waals surface area contributed by atoms with E-state index in [1.54, 1.807) is 12.5 Å². The Morgan fingerprint density at radius 3 is 2.23 bits per heavy atom. The average Bonchev–Trinajstić information content (AvgIpc) is 3.89. The summed E-state index contributed by atoms with van der Waals surface area (Å²) in [6.45, 7) is 6.64. The Kier molecular flexibility index (Phi) is 21.4. The number of hydrogen-bond donors (Lipinski definition) is 5. The molecule has 1 aromatic heterocycles. The first-order valence-electron chi connectivity index (χ1n) is 21.4. The quantitative estimate of drug-likeness (QED) is 0.0578. The van der Waals surface area contributed by atoms with E-state index in [4.69, 9.17) is 10.3 Å². The molecule has 4 amide bonds.